The van der Waals surface area contributed by atoms with Gasteiger partial charge in [0.1, 0.15) is 24.6 Å². The number of benzene rings is 2. The lowest BCUT2D eigenvalue weighted by atomic mass is 10.1. The van der Waals surface area contributed by atoms with Gasteiger partial charge in [-0.2, -0.15) is 0 Å². The van der Waals surface area contributed by atoms with Gasteiger partial charge in [0.15, 0.2) is 11.4 Å². The molecule has 2 amide bonds. The van der Waals surface area contributed by atoms with Crippen LogP contribution in [0.5, 0.6) is 11.5 Å². The Labute approximate surface area is 254 Å². The van der Waals surface area contributed by atoms with Gasteiger partial charge < -0.3 is 30.7 Å². The van der Waals surface area contributed by atoms with Gasteiger partial charge >= 0.3 is 11.9 Å². The molecule has 2 aromatic carbocycles. The molecule has 0 saturated heterocycles. The second kappa shape index (κ2) is 15.1. The molecule has 222 valence electrons. The molecule has 0 saturated carbocycles. The number of aromatic nitrogens is 2. The fourth-order valence-corrected chi connectivity index (χ4v) is 3.84. The number of ether oxygens (including phenoxy) is 1. The maximum absolute atomic E-state index is 11.8. The van der Waals surface area contributed by atoms with Crippen LogP contribution in [-0.4, -0.2) is 69.2 Å². The molecule has 0 aliphatic carbocycles. The van der Waals surface area contributed by atoms with Crippen LogP contribution in [-0.2, 0) is 14.3 Å². The highest BCUT2D eigenvalue weighted by Crippen LogP contribution is 2.27. The van der Waals surface area contributed by atoms with Crippen molar-refractivity contribution in [1.29, 1.82) is 0 Å². The van der Waals surface area contributed by atoms with Crippen LogP contribution in [0.2, 0.25) is 10.0 Å². The first-order valence-corrected chi connectivity index (χ1v) is 13.0. The van der Waals surface area contributed by atoms with Gasteiger partial charge in [0.2, 0.25) is 0 Å². The first kappa shape index (κ1) is 32.3. The Balaban J connectivity index is 0.000000236. The summed E-state index contributed by atoms with van der Waals surface area (Å²) in [5, 5.41) is 33.8. The molecule has 0 aliphatic rings. The van der Waals surface area contributed by atoms with E-state index in [0.717, 1.165) is 11.1 Å². The van der Waals surface area contributed by atoms with Crippen LogP contribution in [0.3, 0.4) is 0 Å². The molecule has 12 nitrogen and oxygen atoms in total. The molecule has 0 atom stereocenters. The highest BCUT2D eigenvalue weighted by molar-refractivity contribution is 6.31. The van der Waals surface area contributed by atoms with Gasteiger partial charge in [-0.15, -0.1) is 0 Å². The summed E-state index contributed by atoms with van der Waals surface area (Å²) >= 11 is 11.8. The maximum atomic E-state index is 11.8. The third-order valence-corrected chi connectivity index (χ3v) is 5.97. The Bertz CT molecular complexity index is 1670. The third-order valence-electron chi connectivity index (χ3n) is 5.50. The van der Waals surface area contributed by atoms with E-state index in [1.165, 1.54) is 31.6 Å². The van der Waals surface area contributed by atoms with Crippen LogP contribution < -0.4 is 10.6 Å². The van der Waals surface area contributed by atoms with Gasteiger partial charge in [-0.1, -0.05) is 47.5 Å². The number of esters is 1. The van der Waals surface area contributed by atoms with Crippen LogP contribution in [0.1, 0.15) is 21.0 Å². The highest BCUT2D eigenvalue weighted by Gasteiger charge is 2.16. The molecule has 4 rings (SSSR count). The highest BCUT2D eigenvalue weighted by atomic mass is 35.5. The lowest BCUT2D eigenvalue weighted by molar-refractivity contribution is -0.139. The average Bonchev–Trinajstić information content (AvgIpc) is 2.98. The van der Waals surface area contributed by atoms with Gasteiger partial charge in [0.05, 0.1) is 7.11 Å². The second-order valence-electron chi connectivity index (χ2n) is 8.54. The Kier molecular flexibility index (Phi) is 11.4. The molecule has 0 unspecified atom stereocenters. The Hall–Kier alpha value is -5.20. The average molecular weight is 627 g/mol. The van der Waals surface area contributed by atoms with E-state index in [9.17, 15) is 29.4 Å². The van der Waals surface area contributed by atoms with E-state index in [2.05, 4.69) is 25.3 Å². The summed E-state index contributed by atoms with van der Waals surface area (Å²) in [7, 11) is 1.21. The molecular weight excluding hydrogens is 603 g/mol. The molecule has 0 fully saturated rings. The third kappa shape index (κ3) is 9.42. The summed E-state index contributed by atoms with van der Waals surface area (Å²) in [5.74, 6) is -3.83. The van der Waals surface area contributed by atoms with Crippen molar-refractivity contribution in [1.82, 2.24) is 20.6 Å². The molecule has 14 heteroatoms. The Morgan fingerprint density at radius 2 is 1.16 bits per heavy atom. The number of rotatable bonds is 8. The first-order chi connectivity index (χ1) is 20.5. The van der Waals surface area contributed by atoms with E-state index in [1.807, 2.05) is 0 Å². The number of nitrogens with one attached hydrogen (secondary N) is 2. The van der Waals surface area contributed by atoms with Gasteiger partial charge in [-0.05, 0) is 47.5 Å². The van der Waals surface area contributed by atoms with Crippen LogP contribution in [0, 0.1) is 0 Å². The van der Waals surface area contributed by atoms with Crippen LogP contribution in [0.4, 0.5) is 0 Å². The van der Waals surface area contributed by atoms with Crippen molar-refractivity contribution in [2.45, 2.75) is 0 Å². The molecular formula is C29H24Cl2N4O8. The molecule has 0 spiro atoms. The van der Waals surface area contributed by atoms with Crippen molar-refractivity contribution in [3.8, 4) is 33.8 Å². The Morgan fingerprint density at radius 3 is 1.53 bits per heavy atom. The number of hydrogen-bond acceptors (Lipinski definition) is 9. The normalized spacial score (nSPS) is 10.1. The zero-order chi connectivity index (χ0) is 31.5. The maximum Gasteiger partial charge on any atom is 0.325 e. The van der Waals surface area contributed by atoms with Gasteiger partial charge in [0, 0.05) is 33.6 Å². The molecule has 4 aromatic rings. The number of hydrogen-bond donors (Lipinski definition) is 5. The first-order valence-electron chi connectivity index (χ1n) is 12.2. The van der Waals surface area contributed by atoms with E-state index >= 15 is 0 Å². The molecule has 43 heavy (non-hydrogen) atoms. The lowest BCUT2D eigenvalue weighted by Gasteiger charge is -2.07. The number of amides is 2. The van der Waals surface area contributed by atoms with Crippen LogP contribution >= 0.6 is 23.2 Å². The topological polar surface area (TPSA) is 188 Å². The minimum Gasteiger partial charge on any atom is -0.505 e. The van der Waals surface area contributed by atoms with Crippen molar-refractivity contribution in [2.24, 2.45) is 0 Å². The number of carboxylic acid groups (broad SMARTS) is 1. The van der Waals surface area contributed by atoms with E-state index in [0.29, 0.717) is 21.2 Å². The minimum absolute atomic E-state index is 0.172. The smallest absolute Gasteiger partial charge is 0.325 e. The second-order valence-corrected chi connectivity index (χ2v) is 9.41. The summed E-state index contributed by atoms with van der Waals surface area (Å²) < 4.78 is 4.41. The number of nitrogens with zero attached hydrogens (tertiary/aromatic N) is 2. The summed E-state index contributed by atoms with van der Waals surface area (Å²) in [6, 6.07) is 16.7. The summed E-state index contributed by atoms with van der Waals surface area (Å²) in [6.45, 7) is -0.845. The molecule has 0 radical (unpaired) electrons. The van der Waals surface area contributed by atoms with E-state index in [-0.39, 0.29) is 29.4 Å². The number of carbonyl (C=O) groups is 4. The zero-order valence-electron chi connectivity index (χ0n) is 22.4. The van der Waals surface area contributed by atoms with Gasteiger partial charge in [-0.25, -0.2) is 9.97 Å². The summed E-state index contributed by atoms with van der Waals surface area (Å²) in [4.78, 5) is 52.6. The number of aliphatic carboxylic acids is 1. The van der Waals surface area contributed by atoms with Crippen molar-refractivity contribution < 1.29 is 39.2 Å². The van der Waals surface area contributed by atoms with Crippen molar-refractivity contribution in [2.75, 3.05) is 20.2 Å². The SMILES string of the molecule is COC(=O)CNC(=O)c1ncc(-c2cccc(Cl)c2)cc1O.O=C(O)CNC(=O)c1ncc(-c2cccc(Cl)c2)cc1O. The van der Waals surface area contributed by atoms with E-state index in [1.54, 1.807) is 48.5 Å². The standard InChI is InChI=1S/C15H13ClN2O4.C14H11ClN2O4/c1-22-13(20)8-18-15(21)14-12(19)6-10(7-17-14)9-3-2-4-11(16)5-9;15-10-3-1-2-8(4-10)9-5-11(18)13(16-6-9)14(21)17-7-12(19)20/h2-7,19H,8H2,1H3,(H,18,21);1-6,18H,7H2,(H,17,21)(H,19,20). The quantitative estimate of drug-likeness (QED) is 0.179. The molecule has 2 heterocycles. The fourth-order valence-electron chi connectivity index (χ4n) is 3.46. The zero-order valence-corrected chi connectivity index (χ0v) is 23.9. The number of pyridine rings is 2. The summed E-state index contributed by atoms with van der Waals surface area (Å²) in [5.41, 5.74) is 2.30. The fraction of sp³-hybridized carbons (Fsp3) is 0.103. The van der Waals surface area contributed by atoms with E-state index in [4.69, 9.17) is 28.3 Å². The molecule has 0 aliphatic heterocycles. The predicted octanol–water partition coefficient (Wildman–Crippen LogP) is 3.93. The minimum atomic E-state index is -1.18. The number of methoxy groups -OCH3 is 1. The molecule has 2 aromatic heterocycles. The lowest BCUT2D eigenvalue weighted by Crippen LogP contribution is -2.30. The predicted molar refractivity (Wildman–Crippen MR) is 157 cm³/mol. The van der Waals surface area contributed by atoms with E-state index < -0.39 is 30.3 Å². The van der Waals surface area contributed by atoms with Gasteiger partial charge in [-0.3, -0.25) is 19.2 Å². The number of carboxylic acids is 1. The van der Waals surface area contributed by atoms with Crippen LogP contribution in [0.25, 0.3) is 22.3 Å². The summed E-state index contributed by atoms with van der Waals surface area (Å²) in [6.07, 6.45) is 2.85. The van der Waals surface area contributed by atoms with Crippen molar-refractivity contribution in [3.05, 3.63) is 94.5 Å². The molecule has 5 N–H and O–H groups in total. The molecule has 0 bridgehead atoms. The number of halogens is 2. The van der Waals surface area contributed by atoms with Crippen molar-refractivity contribution >= 4 is 47.0 Å². The number of carbonyl (C=O) groups excluding carboxylic acids is 3. The largest absolute Gasteiger partial charge is 0.505 e. The van der Waals surface area contributed by atoms with Crippen molar-refractivity contribution in [3.63, 3.8) is 0 Å². The number of aromatic hydroxyl groups is 2. The monoisotopic (exact) mass is 626 g/mol. The Morgan fingerprint density at radius 1 is 0.721 bits per heavy atom. The van der Waals surface area contributed by atoms with Gasteiger partial charge in [0.25, 0.3) is 11.8 Å². The van der Waals surface area contributed by atoms with Crippen LogP contribution in [0.15, 0.2) is 73.1 Å².